The molecule has 0 saturated heterocycles. The van der Waals surface area contributed by atoms with Gasteiger partial charge in [-0.1, -0.05) is 18.2 Å². The van der Waals surface area contributed by atoms with E-state index in [9.17, 15) is 0 Å². The highest BCUT2D eigenvalue weighted by atomic mass is 32.1. The lowest BCUT2D eigenvalue weighted by atomic mass is 10.1. The largest absolute Gasteiger partial charge is 0.256 e. The zero-order valence-electron chi connectivity index (χ0n) is 6.90. The highest BCUT2D eigenvalue weighted by Crippen LogP contribution is 2.25. The molecule has 0 N–H and O–H groups in total. The van der Waals surface area contributed by atoms with E-state index in [0.29, 0.717) is 0 Å². The Morgan fingerprint density at radius 2 is 1.92 bits per heavy atom. The summed E-state index contributed by atoms with van der Waals surface area (Å²) in [6, 6.07) is 8.25. The topological polar surface area (TPSA) is 12.9 Å². The fourth-order valence-corrected chi connectivity index (χ4v) is 2.38. The average molecular weight is 185 g/mol. The Balaban J connectivity index is 2.65. The van der Waals surface area contributed by atoms with Crippen molar-refractivity contribution in [2.24, 2.45) is 0 Å². The van der Waals surface area contributed by atoms with E-state index in [4.69, 9.17) is 0 Å². The summed E-state index contributed by atoms with van der Waals surface area (Å²) < 4.78 is 0. The molecule has 0 radical (unpaired) electrons. The van der Waals surface area contributed by atoms with E-state index in [1.807, 2.05) is 18.3 Å². The van der Waals surface area contributed by atoms with Gasteiger partial charge in [-0.05, 0) is 11.4 Å². The van der Waals surface area contributed by atoms with Gasteiger partial charge in [-0.2, -0.15) is 11.3 Å². The lowest BCUT2D eigenvalue weighted by Crippen LogP contribution is -1.76. The van der Waals surface area contributed by atoms with Crippen LogP contribution in [-0.4, -0.2) is 4.98 Å². The molecule has 0 amide bonds. The molecular formula is C11H7NS. The molecular weight excluding hydrogens is 178 g/mol. The Morgan fingerprint density at radius 3 is 2.92 bits per heavy atom. The summed E-state index contributed by atoms with van der Waals surface area (Å²) in [7, 11) is 0. The van der Waals surface area contributed by atoms with Gasteiger partial charge in [0.15, 0.2) is 0 Å². The van der Waals surface area contributed by atoms with Crippen LogP contribution in [0.15, 0.2) is 41.2 Å². The third kappa shape index (κ3) is 0.956. The molecule has 3 aromatic rings. The van der Waals surface area contributed by atoms with Crippen molar-refractivity contribution in [3.05, 3.63) is 41.2 Å². The minimum atomic E-state index is 1.08. The van der Waals surface area contributed by atoms with Gasteiger partial charge in [-0.3, -0.25) is 4.98 Å². The molecule has 0 atom stereocenters. The first-order valence-electron chi connectivity index (χ1n) is 4.15. The van der Waals surface area contributed by atoms with Crippen LogP contribution in [0, 0.1) is 0 Å². The second-order valence-electron chi connectivity index (χ2n) is 3.02. The molecule has 2 aromatic heterocycles. The summed E-state index contributed by atoms with van der Waals surface area (Å²) in [5.41, 5.74) is 1.08. The molecule has 0 saturated carbocycles. The van der Waals surface area contributed by atoms with E-state index in [1.54, 1.807) is 11.3 Å². The van der Waals surface area contributed by atoms with Crippen LogP contribution in [0.5, 0.6) is 0 Å². The van der Waals surface area contributed by atoms with Gasteiger partial charge in [0.05, 0.1) is 5.52 Å². The Bertz CT molecular complexity index is 568. The third-order valence-corrected chi connectivity index (χ3v) is 2.99. The number of rotatable bonds is 0. The molecule has 13 heavy (non-hydrogen) atoms. The Kier molecular flexibility index (Phi) is 1.37. The zero-order valence-corrected chi connectivity index (χ0v) is 7.71. The van der Waals surface area contributed by atoms with Crippen molar-refractivity contribution in [3.8, 4) is 0 Å². The van der Waals surface area contributed by atoms with Crippen LogP contribution in [0.3, 0.4) is 0 Å². The summed E-state index contributed by atoms with van der Waals surface area (Å²) >= 11 is 1.73. The minimum absolute atomic E-state index is 1.08. The van der Waals surface area contributed by atoms with Crippen molar-refractivity contribution in [2.75, 3.05) is 0 Å². The molecule has 2 heteroatoms. The van der Waals surface area contributed by atoms with Crippen LogP contribution in [0.25, 0.3) is 21.7 Å². The summed E-state index contributed by atoms with van der Waals surface area (Å²) in [6.07, 6.45) is 1.94. The maximum absolute atomic E-state index is 4.39. The third-order valence-electron chi connectivity index (χ3n) is 2.23. The standard InChI is InChI=1S/C11H7NS/c1-2-4-11-9(3-1)10-7-13-6-8(10)5-12-11/h1-7H. The molecule has 1 aromatic carbocycles. The first-order valence-corrected chi connectivity index (χ1v) is 5.09. The molecule has 0 unspecified atom stereocenters. The molecule has 0 aliphatic carbocycles. The summed E-state index contributed by atoms with van der Waals surface area (Å²) in [4.78, 5) is 4.39. The summed E-state index contributed by atoms with van der Waals surface area (Å²) in [5.74, 6) is 0. The van der Waals surface area contributed by atoms with Gasteiger partial charge >= 0.3 is 0 Å². The second kappa shape index (κ2) is 2.54. The maximum atomic E-state index is 4.39. The summed E-state index contributed by atoms with van der Waals surface area (Å²) in [5, 5.41) is 8.12. The van der Waals surface area contributed by atoms with Gasteiger partial charge in [0.25, 0.3) is 0 Å². The van der Waals surface area contributed by atoms with Crippen LogP contribution in [-0.2, 0) is 0 Å². The van der Waals surface area contributed by atoms with E-state index in [2.05, 4.69) is 27.9 Å². The van der Waals surface area contributed by atoms with Crippen LogP contribution >= 0.6 is 11.3 Å². The number of fused-ring (bicyclic) bond motifs is 3. The molecule has 0 aliphatic heterocycles. The van der Waals surface area contributed by atoms with E-state index in [1.165, 1.54) is 16.2 Å². The van der Waals surface area contributed by atoms with Crippen molar-refractivity contribution in [1.82, 2.24) is 4.98 Å². The van der Waals surface area contributed by atoms with Gasteiger partial charge < -0.3 is 0 Å². The minimum Gasteiger partial charge on any atom is -0.256 e. The van der Waals surface area contributed by atoms with E-state index < -0.39 is 0 Å². The van der Waals surface area contributed by atoms with Crippen molar-refractivity contribution in [1.29, 1.82) is 0 Å². The SMILES string of the molecule is c1ccc2c(c1)ncc1cscc12. The fourth-order valence-electron chi connectivity index (χ4n) is 1.58. The number of benzene rings is 1. The number of hydrogen-bond acceptors (Lipinski definition) is 2. The molecule has 2 heterocycles. The number of aromatic nitrogens is 1. The quantitative estimate of drug-likeness (QED) is 0.522. The van der Waals surface area contributed by atoms with Crippen molar-refractivity contribution < 1.29 is 0 Å². The van der Waals surface area contributed by atoms with Crippen molar-refractivity contribution in [2.45, 2.75) is 0 Å². The van der Waals surface area contributed by atoms with Gasteiger partial charge in [0, 0.05) is 27.7 Å². The predicted molar refractivity (Wildman–Crippen MR) is 57.1 cm³/mol. The van der Waals surface area contributed by atoms with Crippen LogP contribution in [0.1, 0.15) is 0 Å². The lowest BCUT2D eigenvalue weighted by Gasteiger charge is -1.96. The number of nitrogens with zero attached hydrogens (tertiary/aromatic N) is 1. The van der Waals surface area contributed by atoms with Crippen LogP contribution in [0.2, 0.25) is 0 Å². The monoisotopic (exact) mass is 185 g/mol. The predicted octanol–water partition coefficient (Wildman–Crippen LogP) is 3.45. The molecule has 0 spiro atoms. The van der Waals surface area contributed by atoms with E-state index in [0.717, 1.165) is 5.52 Å². The maximum Gasteiger partial charge on any atom is 0.0708 e. The summed E-state index contributed by atoms with van der Waals surface area (Å²) in [6.45, 7) is 0. The lowest BCUT2D eigenvalue weighted by molar-refractivity contribution is 1.45. The highest BCUT2D eigenvalue weighted by molar-refractivity contribution is 7.09. The molecule has 0 aliphatic rings. The second-order valence-corrected chi connectivity index (χ2v) is 3.76. The molecule has 1 nitrogen and oxygen atoms in total. The smallest absolute Gasteiger partial charge is 0.0708 e. The fraction of sp³-hybridized carbons (Fsp3) is 0. The number of thiophene rings is 1. The molecule has 62 valence electrons. The molecule has 0 bridgehead atoms. The highest BCUT2D eigenvalue weighted by Gasteiger charge is 2.00. The normalized spacial score (nSPS) is 11.1. The van der Waals surface area contributed by atoms with Gasteiger partial charge in [-0.25, -0.2) is 0 Å². The van der Waals surface area contributed by atoms with Crippen LogP contribution in [0.4, 0.5) is 0 Å². The zero-order chi connectivity index (χ0) is 8.67. The number of hydrogen-bond donors (Lipinski definition) is 0. The Labute approximate surface area is 79.7 Å². The van der Waals surface area contributed by atoms with Gasteiger partial charge in [0.1, 0.15) is 0 Å². The van der Waals surface area contributed by atoms with Gasteiger partial charge in [-0.15, -0.1) is 0 Å². The van der Waals surface area contributed by atoms with Gasteiger partial charge in [0.2, 0.25) is 0 Å². The number of para-hydroxylation sites is 1. The van der Waals surface area contributed by atoms with E-state index >= 15 is 0 Å². The Hall–Kier alpha value is -1.41. The molecule has 3 rings (SSSR count). The average Bonchev–Trinajstić information content (AvgIpc) is 2.65. The first-order chi connectivity index (χ1) is 6.45. The van der Waals surface area contributed by atoms with Crippen LogP contribution < -0.4 is 0 Å². The van der Waals surface area contributed by atoms with E-state index in [-0.39, 0.29) is 0 Å². The van der Waals surface area contributed by atoms with Crippen molar-refractivity contribution >= 4 is 33.0 Å². The van der Waals surface area contributed by atoms with Crippen molar-refractivity contribution in [3.63, 3.8) is 0 Å². The first kappa shape index (κ1) is 7.04. The Morgan fingerprint density at radius 1 is 1.00 bits per heavy atom. The molecule has 0 fully saturated rings. The number of pyridine rings is 1.